The maximum atomic E-state index is 6.65. The van der Waals surface area contributed by atoms with Crippen molar-refractivity contribution < 1.29 is 9.47 Å². The molecule has 0 spiro atoms. The van der Waals surface area contributed by atoms with Crippen LogP contribution in [0.4, 0.5) is 23.0 Å². The molecule has 2 aromatic carbocycles. The summed E-state index contributed by atoms with van der Waals surface area (Å²) in [6, 6.07) is 10.2. The van der Waals surface area contributed by atoms with Crippen LogP contribution in [0.2, 0.25) is 10.0 Å². The third kappa shape index (κ3) is 6.33. The fraction of sp³-hybridized carbons (Fsp3) is 0.448. The lowest BCUT2D eigenvalue weighted by molar-refractivity contribution is 0.229. The lowest BCUT2D eigenvalue weighted by Gasteiger charge is -2.36. The minimum absolute atomic E-state index is 0.464. The predicted octanol–water partition coefficient (Wildman–Crippen LogP) is 4.79. The third-order valence-electron chi connectivity index (χ3n) is 7.52. The molecular weight excluding hydrogens is 549 g/mol. The number of aromatic nitrogens is 2. The van der Waals surface area contributed by atoms with E-state index in [2.05, 4.69) is 68.3 Å². The van der Waals surface area contributed by atoms with Crippen LogP contribution < -0.4 is 24.6 Å². The zero-order chi connectivity index (χ0) is 28.2. The second-order valence-electron chi connectivity index (χ2n) is 10.4. The number of likely N-dealkylation sites (N-methyl/N-ethyl adjacent to an activating group) is 1. The van der Waals surface area contributed by atoms with Gasteiger partial charge in [0.1, 0.15) is 21.5 Å². The van der Waals surface area contributed by atoms with Crippen LogP contribution in [0.1, 0.15) is 11.3 Å². The van der Waals surface area contributed by atoms with Crippen LogP contribution in [0.15, 0.2) is 36.5 Å². The number of hydrogen-bond acceptors (Lipinski definition) is 9. The highest BCUT2D eigenvalue weighted by atomic mass is 35.5. The molecule has 40 heavy (non-hydrogen) atoms. The summed E-state index contributed by atoms with van der Waals surface area (Å²) in [4.78, 5) is 18.8. The Hall–Kier alpha value is -2.98. The van der Waals surface area contributed by atoms with E-state index < -0.39 is 0 Å². The minimum Gasteiger partial charge on any atom is -0.495 e. The number of nitrogens with one attached hydrogen (secondary N) is 1. The number of anilines is 4. The van der Waals surface area contributed by atoms with Crippen molar-refractivity contribution in [1.29, 1.82) is 0 Å². The van der Waals surface area contributed by atoms with E-state index in [9.17, 15) is 0 Å². The van der Waals surface area contributed by atoms with Crippen molar-refractivity contribution in [3.8, 4) is 11.5 Å². The van der Waals surface area contributed by atoms with Gasteiger partial charge in [0.05, 0.1) is 25.6 Å². The maximum absolute atomic E-state index is 6.65. The highest BCUT2D eigenvalue weighted by Crippen LogP contribution is 2.47. The molecule has 1 aromatic heterocycles. The Morgan fingerprint density at radius 2 is 1.60 bits per heavy atom. The smallest absolute Gasteiger partial charge is 0.227 e. The van der Waals surface area contributed by atoms with E-state index >= 15 is 0 Å². The molecule has 2 aliphatic heterocycles. The number of methoxy groups -OCH3 is 2. The van der Waals surface area contributed by atoms with E-state index in [1.165, 1.54) is 5.69 Å². The molecule has 0 atom stereocenters. The quantitative estimate of drug-likeness (QED) is 0.381. The summed E-state index contributed by atoms with van der Waals surface area (Å²) in [5.41, 5.74) is 4.96. The molecule has 1 N–H and O–H groups in total. The van der Waals surface area contributed by atoms with Gasteiger partial charge >= 0.3 is 0 Å². The van der Waals surface area contributed by atoms with Gasteiger partial charge in [-0.2, -0.15) is 0 Å². The molecule has 1 fully saturated rings. The van der Waals surface area contributed by atoms with Gasteiger partial charge in [-0.3, -0.25) is 4.90 Å². The zero-order valence-electron chi connectivity index (χ0n) is 23.6. The summed E-state index contributed by atoms with van der Waals surface area (Å²) in [6.07, 6.45) is 2.61. The molecular formula is C29H37Cl2N7O2. The van der Waals surface area contributed by atoms with Crippen LogP contribution in [0, 0.1) is 0 Å². The van der Waals surface area contributed by atoms with Gasteiger partial charge in [0.15, 0.2) is 0 Å². The molecule has 3 heterocycles. The van der Waals surface area contributed by atoms with Crippen LogP contribution in [0.3, 0.4) is 0 Å². The van der Waals surface area contributed by atoms with Gasteiger partial charge in [0.25, 0.3) is 0 Å². The summed E-state index contributed by atoms with van der Waals surface area (Å²) in [6.45, 7) is 7.80. The number of benzene rings is 2. The fourth-order valence-electron chi connectivity index (χ4n) is 5.17. The molecule has 11 heteroatoms. The first-order valence-corrected chi connectivity index (χ1v) is 14.3. The fourth-order valence-corrected chi connectivity index (χ4v) is 5.91. The Bertz CT molecular complexity index is 1290. The Morgan fingerprint density at radius 1 is 0.925 bits per heavy atom. The number of ether oxygens (including phenoxy) is 2. The van der Waals surface area contributed by atoms with Crippen molar-refractivity contribution >= 4 is 46.2 Å². The molecule has 214 valence electrons. The number of rotatable bonds is 9. The lowest BCUT2D eigenvalue weighted by atomic mass is 10.1. The van der Waals surface area contributed by atoms with Gasteiger partial charge in [0, 0.05) is 88.0 Å². The largest absolute Gasteiger partial charge is 0.495 e. The molecule has 0 bridgehead atoms. The van der Waals surface area contributed by atoms with Crippen molar-refractivity contribution in [3.63, 3.8) is 0 Å². The standard InChI is InChI=1S/C29H37Cl2N7O2/c1-35(2)11-12-36-13-15-37(16-14-36)22-7-5-21(6-8-22)33-29-32-18-20-19-38(10-9-23(20)34-29)28-26(30)24(39-3)17-25(40-4)27(28)31/h5-8,17-18H,9-16,19H2,1-4H3,(H,32,33,34). The van der Waals surface area contributed by atoms with Crippen LogP contribution in [0.25, 0.3) is 0 Å². The Labute approximate surface area is 246 Å². The topological polar surface area (TPSA) is 69.2 Å². The maximum Gasteiger partial charge on any atom is 0.227 e. The van der Waals surface area contributed by atoms with E-state index in [0.29, 0.717) is 46.3 Å². The van der Waals surface area contributed by atoms with Crippen molar-refractivity contribution in [3.05, 3.63) is 57.8 Å². The van der Waals surface area contributed by atoms with Gasteiger partial charge in [-0.1, -0.05) is 23.2 Å². The minimum atomic E-state index is 0.464. The molecule has 3 aromatic rings. The second kappa shape index (κ2) is 12.7. The summed E-state index contributed by atoms with van der Waals surface area (Å²) >= 11 is 13.3. The van der Waals surface area contributed by atoms with Crippen molar-refractivity contribution in [2.24, 2.45) is 0 Å². The molecule has 1 saturated heterocycles. The highest BCUT2D eigenvalue weighted by Gasteiger charge is 2.26. The Kier molecular flexibility index (Phi) is 9.05. The monoisotopic (exact) mass is 585 g/mol. The highest BCUT2D eigenvalue weighted by molar-refractivity contribution is 6.41. The second-order valence-corrected chi connectivity index (χ2v) is 11.2. The molecule has 9 nitrogen and oxygen atoms in total. The lowest BCUT2D eigenvalue weighted by Crippen LogP contribution is -2.48. The van der Waals surface area contributed by atoms with Crippen LogP contribution >= 0.6 is 23.2 Å². The molecule has 0 radical (unpaired) electrons. The Morgan fingerprint density at radius 3 is 2.23 bits per heavy atom. The molecule has 0 amide bonds. The molecule has 0 saturated carbocycles. The molecule has 0 aliphatic carbocycles. The van der Waals surface area contributed by atoms with E-state index in [0.717, 1.165) is 62.6 Å². The first-order chi connectivity index (χ1) is 19.4. The number of nitrogens with zero attached hydrogens (tertiary/aromatic N) is 6. The van der Waals surface area contributed by atoms with E-state index in [-0.39, 0.29) is 0 Å². The number of fused-ring (bicyclic) bond motifs is 1. The normalized spacial score (nSPS) is 15.8. The summed E-state index contributed by atoms with van der Waals surface area (Å²) in [5, 5.41) is 4.29. The first kappa shape index (κ1) is 28.5. The number of piperazine rings is 1. The van der Waals surface area contributed by atoms with Gasteiger partial charge in [-0.25, -0.2) is 9.97 Å². The van der Waals surface area contributed by atoms with Crippen LogP contribution in [-0.4, -0.2) is 93.9 Å². The molecule has 0 unspecified atom stereocenters. The SMILES string of the molecule is COc1cc(OC)c(Cl)c(N2CCc3nc(Nc4ccc(N5CCN(CCN(C)C)CC5)cc4)ncc3C2)c1Cl. The third-order valence-corrected chi connectivity index (χ3v) is 8.26. The number of halogens is 2. The van der Waals surface area contributed by atoms with E-state index in [4.69, 9.17) is 37.7 Å². The molecule has 2 aliphatic rings. The summed E-state index contributed by atoms with van der Waals surface area (Å²) in [5.74, 6) is 1.63. The molecule has 5 rings (SSSR count). The summed E-state index contributed by atoms with van der Waals surface area (Å²) in [7, 11) is 7.41. The van der Waals surface area contributed by atoms with E-state index in [1.807, 2.05) is 6.20 Å². The van der Waals surface area contributed by atoms with Crippen molar-refractivity contribution in [2.45, 2.75) is 13.0 Å². The van der Waals surface area contributed by atoms with Gasteiger partial charge < -0.3 is 29.5 Å². The van der Waals surface area contributed by atoms with Crippen LogP contribution in [-0.2, 0) is 13.0 Å². The average Bonchev–Trinajstić information content (AvgIpc) is 2.97. The zero-order valence-corrected chi connectivity index (χ0v) is 25.1. The predicted molar refractivity (Wildman–Crippen MR) is 163 cm³/mol. The van der Waals surface area contributed by atoms with Crippen molar-refractivity contribution in [1.82, 2.24) is 19.8 Å². The van der Waals surface area contributed by atoms with Gasteiger partial charge in [-0.15, -0.1) is 0 Å². The van der Waals surface area contributed by atoms with Gasteiger partial charge in [-0.05, 0) is 38.4 Å². The average molecular weight is 587 g/mol. The summed E-state index contributed by atoms with van der Waals surface area (Å²) < 4.78 is 10.9. The van der Waals surface area contributed by atoms with Gasteiger partial charge in [0.2, 0.25) is 5.95 Å². The van der Waals surface area contributed by atoms with Crippen molar-refractivity contribution in [2.75, 3.05) is 89.2 Å². The van der Waals surface area contributed by atoms with Crippen LogP contribution in [0.5, 0.6) is 11.5 Å². The van der Waals surface area contributed by atoms with E-state index in [1.54, 1.807) is 20.3 Å². The number of hydrogen-bond donors (Lipinski definition) is 1. The Balaban J connectivity index is 1.22. The first-order valence-electron chi connectivity index (χ1n) is 13.5.